The van der Waals surface area contributed by atoms with Crippen molar-refractivity contribution >= 4 is 17.3 Å². The number of carbonyl (C=O) groups excluding carboxylic acids is 2. The van der Waals surface area contributed by atoms with E-state index in [2.05, 4.69) is 0 Å². The summed E-state index contributed by atoms with van der Waals surface area (Å²) in [5.41, 5.74) is 2.48. The molecule has 0 saturated carbocycles. The Morgan fingerprint density at radius 1 is 0.968 bits per heavy atom. The lowest BCUT2D eigenvalue weighted by atomic mass is 9.73. The summed E-state index contributed by atoms with van der Waals surface area (Å²) in [5, 5.41) is 0. The van der Waals surface area contributed by atoms with Crippen LogP contribution in [0.15, 0.2) is 48.5 Å². The molecule has 2 atom stereocenters. The van der Waals surface area contributed by atoms with Gasteiger partial charge in [0, 0.05) is 5.92 Å². The van der Waals surface area contributed by atoms with E-state index in [1.165, 1.54) is 0 Å². The third-order valence-corrected chi connectivity index (χ3v) is 5.38. The number of methoxy groups -OCH3 is 2. The monoisotopic (exact) mass is 424 g/mol. The van der Waals surface area contributed by atoms with Crippen LogP contribution in [0.5, 0.6) is 17.2 Å². The summed E-state index contributed by atoms with van der Waals surface area (Å²) in [5.74, 6) is -0.237. The fourth-order valence-electron chi connectivity index (χ4n) is 3.99. The van der Waals surface area contributed by atoms with Crippen LogP contribution in [-0.4, -0.2) is 39.2 Å². The van der Waals surface area contributed by atoms with Crippen molar-refractivity contribution in [2.45, 2.75) is 26.2 Å². The Morgan fingerprint density at radius 2 is 1.71 bits per heavy atom. The standard InChI is InChI=1S/C25H28O6/c1-5-30-21-10-8-7-9-18(21)19-13-17(14-20(26)24(19)25(27)31-6-2)16-11-12-22(28-3)23(15-16)29-4/h7-12,14-15,19,24H,5-6,13H2,1-4H3/t19-,24-/m1/s1. The van der Waals surface area contributed by atoms with E-state index < -0.39 is 17.8 Å². The maximum atomic E-state index is 13.2. The van der Waals surface area contributed by atoms with Crippen LogP contribution in [0, 0.1) is 5.92 Å². The predicted octanol–water partition coefficient (Wildman–Crippen LogP) is 4.42. The molecule has 164 valence electrons. The number of para-hydroxylation sites is 1. The maximum Gasteiger partial charge on any atom is 0.317 e. The summed E-state index contributed by atoms with van der Waals surface area (Å²) in [6.45, 7) is 4.34. The fourth-order valence-corrected chi connectivity index (χ4v) is 3.99. The molecular formula is C25H28O6. The lowest BCUT2D eigenvalue weighted by Gasteiger charge is -2.30. The van der Waals surface area contributed by atoms with Gasteiger partial charge in [-0.25, -0.2) is 0 Å². The normalized spacial score (nSPS) is 18.2. The van der Waals surface area contributed by atoms with Gasteiger partial charge in [-0.15, -0.1) is 0 Å². The van der Waals surface area contributed by atoms with Crippen molar-refractivity contribution in [1.82, 2.24) is 0 Å². The number of ketones is 1. The molecule has 31 heavy (non-hydrogen) atoms. The minimum atomic E-state index is -0.912. The first kappa shape index (κ1) is 22.4. The van der Waals surface area contributed by atoms with Crippen molar-refractivity contribution in [3.63, 3.8) is 0 Å². The smallest absolute Gasteiger partial charge is 0.317 e. The molecule has 0 bridgehead atoms. The highest BCUT2D eigenvalue weighted by Crippen LogP contribution is 2.44. The SMILES string of the molecule is CCOC(=O)[C@H]1C(=O)C=C(c2ccc(OC)c(OC)c2)C[C@@H]1c1ccccc1OCC. The number of benzene rings is 2. The molecule has 2 aromatic rings. The van der Waals surface area contributed by atoms with Crippen LogP contribution in [0.3, 0.4) is 0 Å². The van der Waals surface area contributed by atoms with Gasteiger partial charge in [-0.3, -0.25) is 9.59 Å². The molecule has 0 unspecified atom stereocenters. The Labute approximate surface area is 182 Å². The number of rotatable bonds is 8. The number of hydrogen-bond acceptors (Lipinski definition) is 6. The Hall–Kier alpha value is -3.28. The van der Waals surface area contributed by atoms with Crippen molar-refractivity contribution in [3.8, 4) is 17.2 Å². The fraction of sp³-hybridized carbons (Fsp3) is 0.360. The Bertz CT molecular complexity index is 978. The van der Waals surface area contributed by atoms with E-state index in [1.54, 1.807) is 33.3 Å². The lowest BCUT2D eigenvalue weighted by molar-refractivity contribution is -0.151. The van der Waals surface area contributed by atoms with E-state index in [9.17, 15) is 9.59 Å². The third-order valence-electron chi connectivity index (χ3n) is 5.38. The maximum absolute atomic E-state index is 13.2. The molecule has 0 heterocycles. The predicted molar refractivity (Wildman–Crippen MR) is 118 cm³/mol. The van der Waals surface area contributed by atoms with Crippen molar-refractivity contribution in [1.29, 1.82) is 0 Å². The summed E-state index contributed by atoms with van der Waals surface area (Å²) >= 11 is 0. The van der Waals surface area contributed by atoms with Gasteiger partial charge in [0.1, 0.15) is 11.7 Å². The molecule has 0 radical (unpaired) electrons. The van der Waals surface area contributed by atoms with Crippen LogP contribution < -0.4 is 14.2 Å². The first-order valence-corrected chi connectivity index (χ1v) is 10.4. The highest BCUT2D eigenvalue weighted by molar-refractivity contribution is 6.10. The molecule has 1 aliphatic carbocycles. The third kappa shape index (κ3) is 4.74. The van der Waals surface area contributed by atoms with Gasteiger partial charge in [0.2, 0.25) is 0 Å². The molecule has 3 rings (SSSR count). The average Bonchev–Trinajstić information content (AvgIpc) is 2.78. The minimum absolute atomic E-state index is 0.217. The molecule has 0 saturated heterocycles. The number of esters is 1. The van der Waals surface area contributed by atoms with E-state index in [0.717, 1.165) is 16.7 Å². The van der Waals surface area contributed by atoms with Gasteiger partial charge in [-0.1, -0.05) is 24.3 Å². The van der Waals surface area contributed by atoms with Crippen LogP contribution in [0.2, 0.25) is 0 Å². The molecule has 1 aliphatic rings. The molecule has 0 aliphatic heterocycles. The van der Waals surface area contributed by atoms with Crippen LogP contribution in [0.4, 0.5) is 0 Å². The van der Waals surface area contributed by atoms with Crippen molar-refractivity contribution in [2.75, 3.05) is 27.4 Å². The second kappa shape index (κ2) is 10.2. The minimum Gasteiger partial charge on any atom is -0.494 e. The quantitative estimate of drug-likeness (QED) is 0.461. The zero-order chi connectivity index (χ0) is 22.4. The number of ether oxygens (including phenoxy) is 4. The summed E-state index contributed by atoms with van der Waals surface area (Å²) in [7, 11) is 3.14. The number of carbonyl (C=O) groups is 2. The van der Waals surface area contributed by atoms with Crippen LogP contribution in [0.25, 0.3) is 5.57 Å². The Morgan fingerprint density at radius 3 is 2.39 bits per heavy atom. The van der Waals surface area contributed by atoms with Gasteiger partial charge in [0.15, 0.2) is 17.3 Å². The number of allylic oxidation sites excluding steroid dienone is 2. The highest BCUT2D eigenvalue weighted by Gasteiger charge is 2.41. The molecular weight excluding hydrogens is 396 g/mol. The van der Waals surface area contributed by atoms with E-state index in [4.69, 9.17) is 18.9 Å². The van der Waals surface area contributed by atoms with E-state index in [-0.39, 0.29) is 12.4 Å². The lowest BCUT2D eigenvalue weighted by Crippen LogP contribution is -2.34. The molecule has 0 amide bonds. The van der Waals surface area contributed by atoms with Crippen LogP contribution in [0.1, 0.15) is 37.3 Å². The number of hydrogen-bond donors (Lipinski definition) is 0. The topological polar surface area (TPSA) is 71.1 Å². The molecule has 0 spiro atoms. The molecule has 0 aromatic heterocycles. The van der Waals surface area contributed by atoms with Gasteiger partial charge in [0.25, 0.3) is 0 Å². The molecule has 2 aromatic carbocycles. The van der Waals surface area contributed by atoms with Crippen molar-refractivity contribution in [3.05, 3.63) is 59.7 Å². The summed E-state index contributed by atoms with van der Waals surface area (Å²) in [4.78, 5) is 25.9. The highest BCUT2D eigenvalue weighted by atomic mass is 16.5. The average molecular weight is 424 g/mol. The largest absolute Gasteiger partial charge is 0.494 e. The second-order valence-electron chi connectivity index (χ2n) is 7.15. The summed E-state index contributed by atoms with van der Waals surface area (Å²) in [6, 6.07) is 13.1. The summed E-state index contributed by atoms with van der Waals surface area (Å²) in [6.07, 6.45) is 2.03. The van der Waals surface area contributed by atoms with Gasteiger partial charge >= 0.3 is 5.97 Å². The summed E-state index contributed by atoms with van der Waals surface area (Å²) < 4.78 is 21.8. The van der Waals surface area contributed by atoms with Gasteiger partial charge in [0.05, 0.1) is 27.4 Å². The van der Waals surface area contributed by atoms with Crippen molar-refractivity contribution in [2.24, 2.45) is 5.92 Å². The Kier molecular flexibility index (Phi) is 7.34. The molecule has 0 N–H and O–H groups in total. The van der Waals surface area contributed by atoms with Gasteiger partial charge < -0.3 is 18.9 Å². The van der Waals surface area contributed by atoms with E-state index >= 15 is 0 Å². The molecule has 0 fully saturated rings. The zero-order valence-electron chi connectivity index (χ0n) is 18.3. The second-order valence-corrected chi connectivity index (χ2v) is 7.15. The van der Waals surface area contributed by atoms with Gasteiger partial charge in [-0.05, 0) is 61.2 Å². The molecule has 6 heteroatoms. The van der Waals surface area contributed by atoms with Crippen molar-refractivity contribution < 1.29 is 28.5 Å². The molecule has 6 nitrogen and oxygen atoms in total. The van der Waals surface area contributed by atoms with E-state index in [0.29, 0.717) is 30.3 Å². The zero-order valence-corrected chi connectivity index (χ0v) is 18.3. The Balaban J connectivity index is 2.07. The van der Waals surface area contributed by atoms with E-state index in [1.807, 2.05) is 43.3 Å². The first-order chi connectivity index (χ1) is 15.0. The first-order valence-electron chi connectivity index (χ1n) is 10.4. The van der Waals surface area contributed by atoms with Gasteiger partial charge in [-0.2, -0.15) is 0 Å². The van der Waals surface area contributed by atoms with Crippen LogP contribution in [-0.2, 0) is 14.3 Å². The van der Waals surface area contributed by atoms with Crippen LogP contribution >= 0.6 is 0 Å².